The smallest absolute Gasteiger partial charge is 0.335 e. The van der Waals surface area contributed by atoms with Crippen LogP contribution in [0.2, 0.25) is 0 Å². The van der Waals surface area contributed by atoms with Crippen LogP contribution < -0.4 is 0 Å². The van der Waals surface area contributed by atoms with E-state index in [0.717, 1.165) is 11.6 Å². The lowest BCUT2D eigenvalue weighted by Gasteiger charge is -2.71. The monoisotopic (exact) mass is 1250 g/mol. The molecule has 28 atom stereocenters. The number of carbonyl (C=O) groups is 3. The number of carboxylic acid groups (broad SMARTS) is 1. The van der Waals surface area contributed by atoms with Crippen molar-refractivity contribution >= 4 is 24.0 Å². The van der Waals surface area contributed by atoms with Crippen LogP contribution in [0.1, 0.15) is 112 Å². The van der Waals surface area contributed by atoms with E-state index >= 15 is 4.79 Å². The van der Waals surface area contributed by atoms with E-state index in [4.69, 9.17) is 42.6 Å². The average molecular weight is 1250 g/mol. The summed E-state index contributed by atoms with van der Waals surface area (Å²) in [6.07, 6.45) is -26.9. The zero-order valence-corrected chi connectivity index (χ0v) is 50.5. The van der Waals surface area contributed by atoms with Gasteiger partial charge in [0.05, 0.1) is 32.0 Å². The van der Waals surface area contributed by atoms with Crippen molar-refractivity contribution in [3.05, 3.63) is 47.6 Å². The molecule has 9 aliphatic rings. The number of allylic oxidation sites excluding steroid dienone is 2. The van der Waals surface area contributed by atoms with Gasteiger partial charge in [0.25, 0.3) is 0 Å². The summed E-state index contributed by atoms with van der Waals surface area (Å²) in [7, 11) is 0. The zero-order chi connectivity index (χ0) is 64.1. The Balaban J connectivity index is 0.921. The van der Waals surface area contributed by atoms with Gasteiger partial charge in [-0.25, -0.2) is 9.59 Å². The number of aromatic hydroxyl groups is 1. The van der Waals surface area contributed by atoms with Crippen LogP contribution in [0.4, 0.5) is 0 Å². The zero-order valence-electron chi connectivity index (χ0n) is 50.5. The van der Waals surface area contributed by atoms with Gasteiger partial charge in [0.2, 0.25) is 6.29 Å². The quantitative estimate of drug-likeness (QED) is 0.0489. The predicted octanol–water partition coefficient (Wildman–Crippen LogP) is -0.363. The van der Waals surface area contributed by atoms with E-state index in [0.29, 0.717) is 50.5 Å². The van der Waals surface area contributed by atoms with E-state index in [2.05, 4.69) is 54.5 Å². The van der Waals surface area contributed by atoms with Crippen LogP contribution >= 0.6 is 0 Å². The molecule has 1 aromatic carbocycles. The Labute approximate surface area is 509 Å². The van der Waals surface area contributed by atoms with Crippen LogP contribution in [0.15, 0.2) is 42.0 Å². The molecule has 0 amide bonds. The molecule has 4 aliphatic heterocycles. The second kappa shape index (κ2) is 24.9. The van der Waals surface area contributed by atoms with Crippen LogP contribution in [0.5, 0.6) is 5.75 Å². The van der Waals surface area contributed by atoms with Crippen LogP contribution in [0, 0.1) is 50.2 Å². The number of hydrogen-bond acceptors (Lipinski definition) is 25. The van der Waals surface area contributed by atoms with Gasteiger partial charge in [-0.1, -0.05) is 72.2 Å². The van der Waals surface area contributed by atoms with Crippen molar-refractivity contribution < 1.29 is 129 Å². The first-order valence-corrected chi connectivity index (χ1v) is 30.7. The van der Waals surface area contributed by atoms with Crippen molar-refractivity contribution in [1.82, 2.24) is 0 Å². The van der Waals surface area contributed by atoms with Crippen molar-refractivity contribution in [2.75, 3.05) is 19.8 Å². The Hall–Kier alpha value is -3.85. The van der Waals surface area contributed by atoms with E-state index in [1.807, 2.05) is 0 Å². The molecule has 494 valence electrons. The molecule has 4 saturated carbocycles. The SMILES string of the molecule is CC1(C)CCC2(C(=O)OC3OCC(O)C(OC4OC(CO)C(O)C(O)C4O)C3OC(=O)C=Cc3ccc(O)cc3)C(O)CC3(C)C(=CCC4C5(C)CCC(OC6OC(C(=O)O)C(O)C(O)C6OC6OC(CO)C(O)C(O)C6O)C(C)(C)C5CCC43C)C2C1. The number of phenols is 1. The van der Waals surface area contributed by atoms with Crippen LogP contribution in [-0.2, 0) is 57.0 Å². The molecule has 0 radical (unpaired) electrons. The fourth-order valence-electron chi connectivity index (χ4n) is 17.3. The second-order valence-corrected chi connectivity index (χ2v) is 28.3. The topological polar surface area (TPSA) is 418 Å². The number of phenolic OH excluding ortho intramolecular Hbond substituents is 1. The molecular weight excluding hydrogens is 1160 g/mol. The summed E-state index contributed by atoms with van der Waals surface area (Å²) in [5, 5.41) is 151. The lowest BCUT2D eigenvalue weighted by atomic mass is 9.33. The van der Waals surface area contributed by atoms with Crippen molar-refractivity contribution in [2.45, 2.75) is 235 Å². The highest BCUT2D eigenvalue weighted by Gasteiger charge is 2.72. The maximum atomic E-state index is 15.6. The van der Waals surface area contributed by atoms with Crippen molar-refractivity contribution in [2.24, 2.45) is 50.2 Å². The number of carbonyl (C=O) groups excluding carboxylic acids is 2. The molecule has 8 fully saturated rings. The summed E-state index contributed by atoms with van der Waals surface area (Å²) in [5.74, 6) is -4.12. The van der Waals surface area contributed by atoms with E-state index in [1.165, 1.54) is 30.3 Å². The number of rotatable bonds is 14. The minimum atomic E-state index is -2.04. The van der Waals surface area contributed by atoms with E-state index in [1.54, 1.807) is 0 Å². The lowest BCUT2D eigenvalue weighted by molar-refractivity contribution is -0.374. The first-order valence-electron chi connectivity index (χ1n) is 30.7. The molecule has 88 heavy (non-hydrogen) atoms. The number of aliphatic carboxylic acids is 1. The number of hydrogen-bond donors (Lipinski definition) is 14. The van der Waals surface area contributed by atoms with Crippen LogP contribution in [-0.4, -0.2) is 238 Å². The number of benzene rings is 1. The summed E-state index contributed by atoms with van der Waals surface area (Å²) in [4.78, 5) is 41.9. The average Bonchev–Trinajstić information content (AvgIpc) is 0.689. The largest absolute Gasteiger partial charge is 0.508 e. The van der Waals surface area contributed by atoms with Gasteiger partial charge >= 0.3 is 17.9 Å². The predicted molar refractivity (Wildman–Crippen MR) is 300 cm³/mol. The number of aliphatic hydroxyl groups is 12. The van der Waals surface area contributed by atoms with Crippen molar-refractivity contribution in [3.8, 4) is 5.75 Å². The van der Waals surface area contributed by atoms with Gasteiger partial charge in [0.1, 0.15) is 90.5 Å². The van der Waals surface area contributed by atoms with E-state index < -0.39 is 200 Å². The van der Waals surface area contributed by atoms with Gasteiger partial charge < -0.3 is 114 Å². The molecule has 1 aromatic rings. The molecule has 14 N–H and O–H groups in total. The highest BCUT2D eigenvalue weighted by Crippen LogP contribution is 2.76. The maximum absolute atomic E-state index is 15.6. The van der Waals surface area contributed by atoms with E-state index in [-0.39, 0.29) is 35.8 Å². The summed E-state index contributed by atoms with van der Waals surface area (Å²) in [6.45, 7) is 12.9. The lowest BCUT2D eigenvalue weighted by Crippen LogP contribution is -2.68. The third kappa shape index (κ3) is 11.5. The first kappa shape index (κ1) is 67.1. The van der Waals surface area contributed by atoms with Gasteiger partial charge in [-0.05, 0) is 126 Å². The number of carboxylic acids is 1. The van der Waals surface area contributed by atoms with Gasteiger partial charge in [-0.15, -0.1) is 0 Å². The van der Waals surface area contributed by atoms with Crippen molar-refractivity contribution in [3.63, 3.8) is 0 Å². The van der Waals surface area contributed by atoms with Gasteiger partial charge in [-0.2, -0.15) is 0 Å². The fourth-order valence-corrected chi connectivity index (χ4v) is 17.3. The molecular formula is C62H90O26. The highest BCUT2D eigenvalue weighted by molar-refractivity contribution is 5.87. The highest BCUT2D eigenvalue weighted by atomic mass is 16.8. The Morgan fingerprint density at radius 3 is 1.84 bits per heavy atom. The Kier molecular flexibility index (Phi) is 19.0. The van der Waals surface area contributed by atoms with Crippen LogP contribution in [0.3, 0.4) is 0 Å². The van der Waals surface area contributed by atoms with Crippen molar-refractivity contribution in [1.29, 1.82) is 0 Å². The molecule has 4 saturated heterocycles. The van der Waals surface area contributed by atoms with Gasteiger partial charge in [0, 0.05) is 6.08 Å². The number of esters is 2. The van der Waals surface area contributed by atoms with Gasteiger partial charge in [-0.3, -0.25) is 4.79 Å². The molecule has 0 aromatic heterocycles. The maximum Gasteiger partial charge on any atom is 0.335 e. The fraction of sp³-hybridized carbons (Fsp3) is 0.790. The number of ether oxygens (including phenoxy) is 9. The molecule has 28 unspecified atom stereocenters. The molecule has 10 rings (SSSR count). The minimum Gasteiger partial charge on any atom is -0.508 e. The molecule has 0 bridgehead atoms. The van der Waals surface area contributed by atoms with Gasteiger partial charge in [0.15, 0.2) is 31.1 Å². The minimum absolute atomic E-state index is 0.00114. The molecule has 5 aliphatic carbocycles. The van der Waals surface area contributed by atoms with Crippen LogP contribution in [0.25, 0.3) is 6.08 Å². The number of fused-ring (bicyclic) bond motifs is 7. The summed E-state index contributed by atoms with van der Waals surface area (Å²) >= 11 is 0. The Bertz CT molecular complexity index is 2740. The summed E-state index contributed by atoms with van der Waals surface area (Å²) in [5.41, 5.74) is -2.67. The summed E-state index contributed by atoms with van der Waals surface area (Å²) < 4.78 is 54.1. The molecule has 26 heteroatoms. The molecule has 0 spiro atoms. The third-order valence-electron chi connectivity index (χ3n) is 22.6. The summed E-state index contributed by atoms with van der Waals surface area (Å²) in [6, 6.07) is 5.88. The standard InChI is InChI=1S/C62H90O26/c1-57(2)20-21-62(56(79)88-54-50(84-38(68)15-10-27-8-11-28(65)12-9-27)47(31(66)26-80-54)85-52-45(75)41(71)39(69)32(24-63)81-52)30(22-57)29-13-14-35-59(5)18-17-37(58(3,4)34(59)16-19-60(35,6)61(29,7)23-36(62)67)83-55-49(44(74)43(73)48(86-55)51(77)78)87-53-46(76)42(72)40(70)33(25-64)82-53/h8-13,15,30-37,39-50,52-55,63-67,69-76H,14,16-26H2,1-7H3,(H,77,78). The Morgan fingerprint density at radius 2 is 1.24 bits per heavy atom. The number of aliphatic hydroxyl groups excluding tert-OH is 12. The first-order chi connectivity index (χ1) is 41.3. The normalized spacial score (nSPS) is 48.1. The molecule has 26 nitrogen and oxygen atoms in total. The second-order valence-electron chi connectivity index (χ2n) is 28.3. The third-order valence-corrected chi connectivity index (χ3v) is 22.6. The Morgan fingerprint density at radius 1 is 0.625 bits per heavy atom. The van der Waals surface area contributed by atoms with E-state index in [9.17, 15) is 81.1 Å². The molecule has 4 heterocycles.